The Kier molecular flexibility index (Phi) is 5.51. The average molecular weight is 532 g/mol. The van der Waals surface area contributed by atoms with Gasteiger partial charge in [-0.05, 0) is 43.0 Å². The Hall–Kier alpha value is -3.80. The van der Waals surface area contributed by atoms with Gasteiger partial charge in [-0.2, -0.15) is 23.3 Å². The van der Waals surface area contributed by atoms with Crippen molar-refractivity contribution in [2.24, 2.45) is 13.0 Å². The lowest BCUT2D eigenvalue weighted by molar-refractivity contribution is -0.141. The van der Waals surface area contributed by atoms with Crippen molar-refractivity contribution < 1.29 is 17.9 Å². The molecule has 0 radical (unpaired) electrons. The second-order valence-electron chi connectivity index (χ2n) is 9.16. The van der Waals surface area contributed by atoms with E-state index in [1.54, 1.807) is 23.7 Å². The standard InChI is InChI=1S/C24H21ClF3N7O2/c1-34-17-5-4-13(10-14(17)19-20(22(34)36)37-9-7-16(31-19)12-2-3-12)30-21-15(25)11-29-23(32-21)35-8-6-18(33-35)24(26,27)28/h4-6,8,10-12,16,31H,2-3,7,9H2,1H3,(H,29,30,32)/t16-/m1/s1. The van der Waals surface area contributed by atoms with Gasteiger partial charge >= 0.3 is 6.18 Å². The smallest absolute Gasteiger partial charge is 0.435 e. The number of hydrogen-bond donors (Lipinski definition) is 2. The highest BCUT2D eigenvalue weighted by Gasteiger charge is 2.35. The van der Waals surface area contributed by atoms with Crippen LogP contribution < -0.4 is 20.9 Å². The summed E-state index contributed by atoms with van der Waals surface area (Å²) in [6.07, 6.45) is 0.940. The maximum Gasteiger partial charge on any atom is 0.435 e. The fourth-order valence-electron chi connectivity index (χ4n) is 4.55. The summed E-state index contributed by atoms with van der Waals surface area (Å²) >= 11 is 6.30. The summed E-state index contributed by atoms with van der Waals surface area (Å²) in [6.45, 7) is 0.461. The lowest BCUT2D eigenvalue weighted by Crippen LogP contribution is -2.23. The Balaban J connectivity index is 1.38. The zero-order valence-corrected chi connectivity index (χ0v) is 20.3. The van der Waals surface area contributed by atoms with E-state index in [9.17, 15) is 18.0 Å². The first-order chi connectivity index (χ1) is 17.7. The van der Waals surface area contributed by atoms with Crippen LogP contribution in [0.5, 0.6) is 5.75 Å². The van der Waals surface area contributed by atoms with E-state index in [4.69, 9.17) is 16.3 Å². The largest absolute Gasteiger partial charge is 0.486 e. The number of rotatable bonds is 4. The fourth-order valence-corrected chi connectivity index (χ4v) is 4.69. The minimum atomic E-state index is -4.59. The number of fused-ring (bicyclic) bond motifs is 3. The van der Waals surface area contributed by atoms with E-state index in [2.05, 4.69) is 25.7 Å². The number of hydrogen-bond acceptors (Lipinski definition) is 7. The van der Waals surface area contributed by atoms with Gasteiger partial charge < -0.3 is 19.9 Å². The summed E-state index contributed by atoms with van der Waals surface area (Å²) in [5, 5.41) is 11.1. The van der Waals surface area contributed by atoms with Crippen LogP contribution in [0.3, 0.4) is 0 Å². The average Bonchev–Trinajstić information content (AvgIpc) is 3.62. The van der Waals surface area contributed by atoms with Crippen LogP contribution in [-0.4, -0.2) is 37.0 Å². The SMILES string of the molecule is Cn1c(=O)c2c(c3cc(Nc4nc(-n5ccc(C(F)(F)F)n5)ncc4Cl)ccc31)N[C@@H](C1CC1)CCO2. The zero-order chi connectivity index (χ0) is 25.9. The second-order valence-corrected chi connectivity index (χ2v) is 9.57. The third kappa shape index (κ3) is 4.35. The van der Waals surface area contributed by atoms with E-state index >= 15 is 0 Å². The van der Waals surface area contributed by atoms with Gasteiger partial charge in [0.2, 0.25) is 5.75 Å². The number of anilines is 3. The van der Waals surface area contributed by atoms with Crippen LogP contribution in [0.2, 0.25) is 5.02 Å². The maximum atomic E-state index is 13.0. The van der Waals surface area contributed by atoms with Crippen LogP contribution in [0.25, 0.3) is 16.9 Å². The molecule has 13 heteroatoms. The molecule has 2 aliphatic rings. The molecule has 9 nitrogen and oxygen atoms in total. The molecule has 3 aromatic heterocycles. The Bertz CT molecular complexity index is 1580. The third-order valence-electron chi connectivity index (χ3n) is 6.63. The Morgan fingerprint density at radius 1 is 1.22 bits per heavy atom. The zero-order valence-electron chi connectivity index (χ0n) is 19.5. The lowest BCUT2D eigenvalue weighted by Gasteiger charge is -2.19. The van der Waals surface area contributed by atoms with Gasteiger partial charge in [0.1, 0.15) is 5.02 Å². The van der Waals surface area contributed by atoms with Gasteiger partial charge in [-0.15, -0.1) is 0 Å². The molecular weight excluding hydrogens is 511 g/mol. The molecular formula is C24H21ClF3N7O2. The van der Waals surface area contributed by atoms with Gasteiger partial charge in [0, 0.05) is 36.8 Å². The molecule has 0 bridgehead atoms. The van der Waals surface area contributed by atoms with E-state index in [1.165, 1.54) is 6.20 Å². The molecule has 1 fully saturated rings. The van der Waals surface area contributed by atoms with Gasteiger partial charge in [-0.1, -0.05) is 11.6 Å². The highest BCUT2D eigenvalue weighted by molar-refractivity contribution is 6.32. The number of benzene rings is 1. The Morgan fingerprint density at radius 3 is 2.76 bits per heavy atom. The van der Waals surface area contributed by atoms with Crippen LogP contribution in [0.4, 0.5) is 30.4 Å². The number of aromatic nitrogens is 5. The number of nitrogens with one attached hydrogen (secondary N) is 2. The highest BCUT2D eigenvalue weighted by Crippen LogP contribution is 2.41. The molecule has 4 aromatic rings. The predicted molar refractivity (Wildman–Crippen MR) is 132 cm³/mol. The molecule has 0 amide bonds. The summed E-state index contributed by atoms with van der Waals surface area (Å²) in [6, 6.07) is 6.49. The van der Waals surface area contributed by atoms with Crippen molar-refractivity contribution in [3.63, 3.8) is 0 Å². The summed E-state index contributed by atoms with van der Waals surface area (Å²) in [7, 11) is 1.69. The van der Waals surface area contributed by atoms with Gasteiger partial charge in [0.25, 0.3) is 11.5 Å². The van der Waals surface area contributed by atoms with Crippen LogP contribution in [0, 0.1) is 5.92 Å². The van der Waals surface area contributed by atoms with Crippen molar-refractivity contribution in [1.29, 1.82) is 0 Å². The second kappa shape index (κ2) is 8.65. The molecule has 37 heavy (non-hydrogen) atoms. The van der Waals surface area contributed by atoms with Crippen molar-refractivity contribution in [2.75, 3.05) is 17.2 Å². The third-order valence-corrected chi connectivity index (χ3v) is 6.90. The molecule has 0 spiro atoms. The van der Waals surface area contributed by atoms with E-state index in [0.717, 1.165) is 41.6 Å². The number of nitrogens with zero attached hydrogens (tertiary/aromatic N) is 5. The monoisotopic (exact) mass is 531 g/mol. The molecule has 4 heterocycles. The first-order valence-corrected chi connectivity index (χ1v) is 12.1. The van der Waals surface area contributed by atoms with Crippen molar-refractivity contribution >= 4 is 39.7 Å². The molecule has 2 N–H and O–H groups in total. The number of pyridine rings is 1. The van der Waals surface area contributed by atoms with Gasteiger partial charge in [0.05, 0.1) is 24.0 Å². The highest BCUT2D eigenvalue weighted by atomic mass is 35.5. The van der Waals surface area contributed by atoms with E-state index in [0.29, 0.717) is 29.4 Å². The molecule has 6 rings (SSSR count). The number of alkyl halides is 3. The molecule has 1 saturated carbocycles. The summed E-state index contributed by atoms with van der Waals surface area (Å²) in [5.74, 6) is 0.957. The van der Waals surface area contributed by atoms with Gasteiger partial charge in [0.15, 0.2) is 11.5 Å². The molecule has 1 atom stereocenters. The molecule has 0 saturated heterocycles. The number of aryl methyl sites for hydroxylation is 1. The first-order valence-electron chi connectivity index (χ1n) is 11.7. The quantitative estimate of drug-likeness (QED) is 0.386. The van der Waals surface area contributed by atoms with Crippen LogP contribution in [0.1, 0.15) is 25.0 Å². The topological polar surface area (TPSA) is 98.9 Å². The van der Waals surface area contributed by atoms with Crippen LogP contribution in [-0.2, 0) is 13.2 Å². The molecule has 1 aromatic carbocycles. The summed E-state index contributed by atoms with van der Waals surface area (Å²) in [5.41, 5.74) is 0.702. The molecule has 0 unspecified atom stereocenters. The minimum Gasteiger partial charge on any atom is -0.486 e. The number of ether oxygens (including phenoxy) is 1. The summed E-state index contributed by atoms with van der Waals surface area (Å²) in [4.78, 5) is 21.3. The minimum absolute atomic E-state index is 0.0817. The normalized spacial score (nSPS) is 17.6. The molecule has 1 aliphatic carbocycles. The van der Waals surface area contributed by atoms with Crippen molar-refractivity contribution in [1.82, 2.24) is 24.3 Å². The van der Waals surface area contributed by atoms with E-state index in [1.807, 2.05) is 6.07 Å². The van der Waals surface area contributed by atoms with Gasteiger partial charge in [-0.3, -0.25) is 4.79 Å². The van der Waals surface area contributed by atoms with Gasteiger partial charge in [-0.25, -0.2) is 9.67 Å². The van der Waals surface area contributed by atoms with Crippen LogP contribution >= 0.6 is 11.6 Å². The Morgan fingerprint density at radius 2 is 2.03 bits per heavy atom. The summed E-state index contributed by atoms with van der Waals surface area (Å²) < 4.78 is 47.3. The number of halogens is 4. The predicted octanol–water partition coefficient (Wildman–Crippen LogP) is 4.90. The fraction of sp³-hybridized carbons (Fsp3) is 0.333. The maximum absolute atomic E-state index is 13.0. The van der Waals surface area contributed by atoms with E-state index in [-0.39, 0.29) is 34.1 Å². The van der Waals surface area contributed by atoms with Crippen molar-refractivity contribution in [3.8, 4) is 11.7 Å². The first kappa shape index (κ1) is 23.6. The molecule has 192 valence electrons. The van der Waals surface area contributed by atoms with Crippen LogP contribution in [0.15, 0.2) is 41.5 Å². The molecule has 1 aliphatic heterocycles. The Labute approximate surface area is 213 Å². The van der Waals surface area contributed by atoms with E-state index < -0.39 is 11.9 Å². The van der Waals surface area contributed by atoms with Crippen molar-refractivity contribution in [2.45, 2.75) is 31.5 Å². The van der Waals surface area contributed by atoms with Crippen molar-refractivity contribution in [3.05, 3.63) is 57.7 Å². The lowest BCUT2D eigenvalue weighted by atomic mass is 10.1.